The van der Waals surface area contributed by atoms with Crippen molar-refractivity contribution >= 4 is 17.3 Å². The fourth-order valence-electron chi connectivity index (χ4n) is 2.47. The van der Waals surface area contributed by atoms with Crippen LogP contribution in [0.2, 0.25) is 0 Å². The number of anilines is 2. The fraction of sp³-hybridized carbons (Fsp3) is 0.462. The topological polar surface area (TPSA) is 41.1 Å². The molecule has 3 heteroatoms. The summed E-state index contributed by atoms with van der Waals surface area (Å²) in [6, 6.07) is 6.06. The Balaban J connectivity index is 2.04. The molecular weight excluding hydrogens is 200 g/mol. The van der Waals surface area contributed by atoms with Gasteiger partial charge in [-0.3, -0.25) is 4.79 Å². The molecule has 1 aromatic carbocycles. The SMILES string of the molecule is Cc1cccc2c1NC(=O)C(C)(C1CC1)N2. The monoisotopic (exact) mass is 216 g/mol. The van der Waals surface area contributed by atoms with Crippen molar-refractivity contribution in [1.29, 1.82) is 0 Å². The number of hydrogen-bond acceptors (Lipinski definition) is 2. The largest absolute Gasteiger partial charge is 0.370 e. The number of benzene rings is 1. The summed E-state index contributed by atoms with van der Waals surface area (Å²) < 4.78 is 0. The van der Waals surface area contributed by atoms with E-state index in [-0.39, 0.29) is 5.91 Å². The molecule has 0 radical (unpaired) electrons. The van der Waals surface area contributed by atoms with Gasteiger partial charge in [0.1, 0.15) is 5.54 Å². The standard InChI is InChI=1S/C13H16N2O/c1-8-4-3-5-10-11(8)14-12(16)13(2,15-10)9-6-7-9/h3-5,9,15H,6-7H2,1-2H3,(H,14,16). The van der Waals surface area contributed by atoms with Crippen LogP contribution < -0.4 is 10.6 Å². The molecular formula is C13H16N2O. The van der Waals surface area contributed by atoms with Crippen LogP contribution in [0.25, 0.3) is 0 Å². The molecule has 1 aliphatic carbocycles. The zero-order valence-electron chi connectivity index (χ0n) is 9.63. The maximum absolute atomic E-state index is 12.1. The van der Waals surface area contributed by atoms with Crippen molar-refractivity contribution in [2.75, 3.05) is 10.6 Å². The molecule has 16 heavy (non-hydrogen) atoms. The molecule has 1 atom stereocenters. The first kappa shape index (κ1) is 9.70. The quantitative estimate of drug-likeness (QED) is 0.757. The average molecular weight is 216 g/mol. The van der Waals surface area contributed by atoms with Gasteiger partial charge in [0.25, 0.3) is 0 Å². The first-order valence-electron chi connectivity index (χ1n) is 5.80. The van der Waals surface area contributed by atoms with Crippen LogP contribution in [0.15, 0.2) is 18.2 Å². The van der Waals surface area contributed by atoms with Crippen LogP contribution >= 0.6 is 0 Å². The van der Waals surface area contributed by atoms with E-state index in [0.717, 1.165) is 29.8 Å². The Bertz CT molecular complexity index is 465. The molecule has 0 aromatic heterocycles. The molecule has 1 amide bonds. The van der Waals surface area contributed by atoms with Crippen LogP contribution in [0, 0.1) is 12.8 Å². The van der Waals surface area contributed by atoms with Gasteiger partial charge in [-0.15, -0.1) is 0 Å². The van der Waals surface area contributed by atoms with Crippen LogP contribution in [0.3, 0.4) is 0 Å². The van der Waals surface area contributed by atoms with Gasteiger partial charge < -0.3 is 10.6 Å². The summed E-state index contributed by atoms with van der Waals surface area (Å²) >= 11 is 0. The van der Waals surface area contributed by atoms with Gasteiger partial charge in [-0.1, -0.05) is 12.1 Å². The van der Waals surface area contributed by atoms with Crippen molar-refractivity contribution in [3.63, 3.8) is 0 Å². The summed E-state index contributed by atoms with van der Waals surface area (Å²) in [4.78, 5) is 12.1. The highest BCUT2D eigenvalue weighted by Crippen LogP contribution is 2.45. The number of hydrogen-bond donors (Lipinski definition) is 2. The molecule has 0 saturated heterocycles. The van der Waals surface area contributed by atoms with E-state index < -0.39 is 5.54 Å². The lowest BCUT2D eigenvalue weighted by Crippen LogP contribution is -2.52. The van der Waals surface area contributed by atoms with Crippen LogP contribution in [-0.4, -0.2) is 11.4 Å². The van der Waals surface area contributed by atoms with Gasteiger partial charge in [0, 0.05) is 0 Å². The van der Waals surface area contributed by atoms with Gasteiger partial charge in [0.05, 0.1) is 11.4 Å². The van der Waals surface area contributed by atoms with Crippen molar-refractivity contribution in [2.45, 2.75) is 32.2 Å². The van der Waals surface area contributed by atoms with E-state index in [1.54, 1.807) is 0 Å². The Labute approximate surface area is 95.2 Å². The predicted octanol–water partition coefficient (Wildman–Crippen LogP) is 2.53. The number of carbonyl (C=O) groups is 1. The van der Waals surface area contributed by atoms with Gasteiger partial charge in [0.15, 0.2) is 0 Å². The molecule has 2 N–H and O–H groups in total. The highest BCUT2D eigenvalue weighted by Gasteiger charge is 2.49. The summed E-state index contributed by atoms with van der Waals surface area (Å²) in [5, 5.41) is 6.45. The van der Waals surface area contributed by atoms with Crippen molar-refractivity contribution in [2.24, 2.45) is 5.92 Å². The van der Waals surface area contributed by atoms with E-state index in [2.05, 4.69) is 10.6 Å². The highest BCUT2D eigenvalue weighted by atomic mass is 16.2. The molecule has 0 spiro atoms. The van der Waals surface area contributed by atoms with Gasteiger partial charge in [-0.2, -0.15) is 0 Å². The lowest BCUT2D eigenvalue weighted by atomic mass is 9.91. The van der Waals surface area contributed by atoms with Crippen LogP contribution in [0.4, 0.5) is 11.4 Å². The molecule has 3 nitrogen and oxygen atoms in total. The lowest BCUT2D eigenvalue weighted by Gasteiger charge is -2.36. The highest BCUT2D eigenvalue weighted by molar-refractivity contribution is 6.06. The van der Waals surface area contributed by atoms with Crippen molar-refractivity contribution in [3.05, 3.63) is 23.8 Å². The second-order valence-corrected chi connectivity index (χ2v) is 5.05. The first-order chi connectivity index (χ1) is 7.61. The zero-order valence-corrected chi connectivity index (χ0v) is 9.63. The Morgan fingerprint density at radius 1 is 1.38 bits per heavy atom. The summed E-state index contributed by atoms with van der Waals surface area (Å²) in [6.07, 6.45) is 2.30. The maximum atomic E-state index is 12.1. The summed E-state index contributed by atoms with van der Waals surface area (Å²) in [5.74, 6) is 0.595. The number of para-hydroxylation sites is 1. The summed E-state index contributed by atoms with van der Waals surface area (Å²) in [5.41, 5.74) is 2.68. The van der Waals surface area contributed by atoms with E-state index in [0.29, 0.717) is 5.92 Å². The maximum Gasteiger partial charge on any atom is 0.250 e. The van der Waals surface area contributed by atoms with Crippen LogP contribution in [0.1, 0.15) is 25.3 Å². The molecule has 1 fully saturated rings. The molecule has 1 heterocycles. The molecule has 1 unspecified atom stereocenters. The predicted molar refractivity (Wildman–Crippen MR) is 64.6 cm³/mol. The normalized spacial score (nSPS) is 28.0. The first-order valence-corrected chi connectivity index (χ1v) is 5.80. The van der Waals surface area contributed by atoms with Crippen LogP contribution in [-0.2, 0) is 4.79 Å². The number of aryl methyl sites for hydroxylation is 1. The minimum Gasteiger partial charge on any atom is -0.370 e. The van der Waals surface area contributed by atoms with E-state index in [1.807, 2.05) is 32.0 Å². The van der Waals surface area contributed by atoms with Crippen molar-refractivity contribution in [1.82, 2.24) is 0 Å². The minimum atomic E-state index is -0.416. The number of rotatable bonds is 1. The Morgan fingerprint density at radius 2 is 2.12 bits per heavy atom. The van der Waals surface area contributed by atoms with E-state index in [1.165, 1.54) is 0 Å². The van der Waals surface area contributed by atoms with Gasteiger partial charge in [-0.25, -0.2) is 0 Å². The van der Waals surface area contributed by atoms with Gasteiger partial charge in [0.2, 0.25) is 5.91 Å². The average Bonchev–Trinajstić information content (AvgIpc) is 3.05. The van der Waals surface area contributed by atoms with Crippen molar-refractivity contribution < 1.29 is 4.79 Å². The minimum absolute atomic E-state index is 0.108. The van der Waals surface area contributed by atoms with Gasteiger partial charge >= 0.3 is 0 Å². The Kier molecular flexibility index (Phi) is 1.82. The van der Waals surface area contributed by atoms with E-state index in [9.17, 15) is 4.79 Å². The Morgan fingerprint density at radius 3 is 2.81 bits per heavy atom. The van der Waals surface area contributed by atoms with E-state index >= 15 is 0 Å². The molecule has 2 aliphatic rings. The number of fused-ring (bicyclic) bond motifs is 1. The fourth-order valence-corrected chi connectivity index (χ4v) is 2.47. The van der Waals surface area contributed by atoms with Crippen LogP contribution in [0.5, 0.6) is 0 Å². The molecule has 3 rings (SSSR count). The van der Waals surface area contributed by atoms with Gasteiger partial charge in [-0.05, 0) is 44.2 Å². The molecule has 84 valence electrons. The lowest BCUT2D eigenvalue weighted by molar-refractivity contribution is -0.120. The molecule has 0 bridgehead atoms. The van der Waals surface area contributed by atoms with E-state index in [4.69, 9.17) is 0 Å². The molecule has 1 aromatic rings. The number of nitrogens with one attached hydrogen (secondary N) is 2. The Hall–Kier alpha value is -1.51. The second-order valence-electron chi connectivity index (χ2n) is 5.05. The van der Waals surface area contributed by atoms with Crippen molar-refractivity contribution in [3.8, 4) is 0 Å². The third-order valence-electron chi connectivity index (χ3n) is 3.77. The number of carbonyl (C=O) groups excluding carboxylic acids is 1. The molecule has 1 saturated carbocycles. The number of amides is 1. The molecule has 1 aliphatic heterocycles. The third kappa shape index (κ3) is 1.24. The zero-order chi connectivity index (χ0) is 11.3. The smallest absolute Gasteiger partial charge is 0.250 e. The summed E-state index contributed by atoms with van der Waals surface area (Å²) in [7, 11) is 0. The third-order valence-corrected chi connectivity index (χ3v) is 3.77. The summed E-state index contributed by atoms with van der Waals surface area (Å²) in [6.45, 7) is 4.02. The second kappa shape index (κ2) is 3.00.